The van der Waals surface area contributed by atoms with E-state index in [1.54, 1.807) is 0 Å². The Balaban J connectivity index is 0. The van der Waals surface area contributed by atoms with Crippen LogP contribution >= 0.6 is 0 Å². The molecule has 0 radical (unpaired) electrons. The standard InChI is InChI=1S/C9H10O4.C4H6O2/c1-3-6-13-9(12)7(2)4-5-8(10)11;1-3(2)4(5)6/h3-5H,1-2,6H2,(H,10,11);1H2,2H3,(H,5,6). The van der Waals surface area contributed by atoms with Crippen molar-refractivity contribution in [2.45, 2.75) is 6.92 Å². The highest BCUT2D eigenvalue weighted by molar-refractivity contribution is 5.93. The molecule has 0 atom stereocenters. The van der Waals surface area contributed by atoms with E-state index in [0.717, 1.165) is 12.2 Å². The smallest absolute Gasteiger partial charge is 0.337 e. The van der Waals surface area contributed by atoms with E-state index in [2.05, 4.69) is 24.5 Å². The zero-order chi connectivity index (χ0) is 15.4. The molecule has 0 aliphatic heterocycles. The number of aliphatic carboxylic acids is 2. The molecule has 0 fully saturated rings. The highest BCUT2D eigenvalue weighted by Crippen LogP contribution is 1.96. The molecule has 0 heterocycles. The van der Waals surface area contributed by atoms with Crippen LogP contribution in [0.3, 0.4) is 0 Å². The summed E-state index contributed by atoms with van der Waals surface area (Å²) in [6.07, 6.45) is 3.30. The molecule has 0 aromatic carbocycles. The average molecular weight is 268 g/mol. The van der Waals surface area contributed by atoms with Gasteiger partial charge in [-0.25, -0.2) is 14.4 Å². The van der Waals surface area contributed by atoms with Crippen molar-refractivity contribution in [1.29, 1.82) is 0 Å². The van der Waals surface area contributed by atoms with Crippen molar-refractivity contribution in [3.63, 3.8) is 0 Å². The van der Waals surface area contributed by atoms with Crippen LogP contribution in [0.5, 0.6) is 0 Å². The minimum Gasteiger partial charge on any atom is -0.478 e. The molecule has 0 bridgehead atoms. The average Bonchev–Trinajstić information content (AvgIpc) is 2.33. The first kappa shape index (κ1) is 18.7. The van der Waals surface area contributed by atoms with Gasteiger partial charge in [0, 0.05) is 11.6 Å². The van der Waals surface area contributed by atoms with Gasteiger partial charge in [0.05, 0.1) is 5.57 Å². The molecule has 2 N–H and O–H groups in total. The predicted molar refractivity (Wildman–Crippen MR) is 69.5 cm³/mol. The lowest BCUT2D eigenvalue weighted by Gasteiger charge is -1.99. The van der Waals surface area contributed by atoms with Crippen LogP contribution in [0.2, 0.25) is 0 Å². The van der Waals surface area contributed by atoms with Crippen molar-refractivity contribution < 1.29 is 29.3 Å². The van der Waals surface area contributed by atoms with Crippen LogP contribution in [-0.2, 0) is 19.1 Å². The Bertz CT molecular complexity index is 405. The van der Waals surface area contributed by atoms with Crippen LogP contribution in [0.1, 0.15) is 6.92 Å². The van der Waals surface area contributed by atoms with E-state index in [-0.39, 0.29) is 17.8 Å². The number of carbonyl (C=O) groups excluding carboxylic acids is 1. The number of carbonyl (C=O) groups is 3. The summed E-state index contributed by atoms with van der Waals surface area (Å²) in [5, 5.41) is 16.1. The van der Waals surface area contributed by atoms with Crippen molar-refractivity contribution in [3.8, 4) is 0 Å². The number of carboxylic acids is 2. The molecule has 0 saturated carbocycles. The number of hydrogen-bond donors (Lipinski definition) is 2. The SMILES string of the molecule is C=C(C)C(=O)O.C=CCOC(=O)C(=C)C=CC(=O)O. The molecular weight excluding hydrogens is 252 g/mol. The minimum atomic E-state index is -1.14. The van der Waals surface area contributed by atoms with Gasteiger partial charge in [0.15, 0.2) is 0 Å². The van der Waals surface area contributed by atoms with E-state index >= 15 is 0 Å². The van der Waals surface area contributed by atoms with E-state index in [4.69, 9.17) is 10.2 Å². The molecule has 0 aliphatic carbocycles. The maximum atomic E-state index is 10.9. The molecule has 0 aromatic rings. The zero-order valence-corrected chi connectivity index (χ0v) is 10.6. The van der Waals surface area contributed by atoms with Gasteiger partial charge < -0.3 is 14.9 Å². The van der Waals surface area contributed by atoms with E-state index < -0.39 is 17.9 Å². The fourth-order valence-corrected chi connectivity index (χ4v) is 0.467. The van der Waals surface area contributed by atoms with Crippen molar-refractivity contribution in [2.24, 2.45) is 0 Å². The number of hydrogen-bond acceptors (Lipinski definition) is 4. The number of ether oxygens (including phenoxy) is 1. The lowest BCUT2D eigenvalue weighted by atomic mass is 10.3. The van der Waals surface area contributed by atoms with Crippen LogP contribution < -0.4 is 0 Å². The van der Waals surface area contributed by atoms with Gasteiger partial charge in [-0.2, -0.15) is 0 Å². The second kappa shape index (κ2) is 10.5. The number of rotatable bonds is 6. The summed E-state index contributed by atoms with van der Waals surface area (Å²) >= 11 is 0. The Kier molecular flexibility index (Phi) is 10.4. The largest absolute Gasteiger partial charge is 0.478 e. The van der Waals surface area contributed by atoms with Crippen LogP contribution in [-0.4, -0.2) is 34.7 Å². The summed E-state index contributed by atoms with van der Waals surface area (Å²) in [6.45, 7) is 11.4. The van der Waals surface area contributed by atoms with Crippen LogP contribution in [0.25, 0.3) is 0 Å². The number of esters is 1. The summed E-state index contributed by atoms with van der Waals surface area (Å²) in [5.74, 6) is -2.73. The quantitative estimate of drug-likeness (QED) is 0.328. The zero-order valence-electron chi connectivity index (χ0n) is 10.6. The third kappa shape index (κ3) is 13.3. The van der Waals surface area contributed by atoms with Crippen molar-refractivity contribution in [2.75, 3.05) is 6.61 Å². The maximum absolute atomic E-state index is 10.9. The Morgan fingerprint density at radius 3 is 1.95 bits per heavy atom. The second-order valence-electron chi connectivity index (χ2n) is 3.17. The molecule has 0 rings (SSSR count). The van der Waals surface area contributed by atoms with Crippen LogP contribution in [0.15, 0.2) is 49.1 Å². The Hall–Kier alpha value is -2.63. The Labute approximate surface area is 111 Å². The van der Waals surface area contributed by atoms with Crippen molar-refractivity contribution in [3.05, 3.63) is 49.1 Å². The summed E-state index contributed by atoms with van der Waals surface area (Å²) < 4.78 is 4.58. The fourth-order valence-electron chi connectivity index (χ4n) is 0.467. The Morgan fingerprint density at radius 2 is 1.63 bits per heavy atom. The second-order valence-corrected chi connectivity index (χ2v) is 3.17. The highest BCUT2D eigenvalue weighted by Gasteiger charge is 2.03. The normalized spacial score (nSPS) is 8.89. The summed E-state index contributed by atoms with van der Waals surface area (Å²) in [4.78, 5) is 30.5. The minimum absolute atomic E-state index is 0.00995. The fraction of sp³-hybridized carbons (Fsp3) is 0.154. The van der Waals surface area contributed by atoms with E-state index in [1.807, 2.05) is 0 Å². The molecule has 0 amide bonds. The van der Waals surface area contributed by atoms with Gasteiger partial charge in [-0.3, -0.25) is 0 Å². The highest BCUT2D eigenvalue weighted by atomic mass is 16.5. The lowest BCUT2D eigenvalue weighted by molar-refractivity contribution is -0.137. The molecule has 0 saturated heterocycles. The first-order valence-electron chi connectivity index (χ1n) is 4.99. The van der Waals surface area contributed by atoms with Gasteiger partial charge in [0.1, 0.15) is 6.61 Å². The first-order valence-corrected chi connectivity index (χ1v) is 4.99. The summed E-state index contributed by atoms with van der Waals surface area (Å²) in [5.41, 5.74) is 0.166. The van der Waals surface area contributed by atoms with E-state index in [1.165, 1.54) is 13.0 Å². The summed E-state index contributed by atoms with van der Waals surface area (Å²) in [7, 11) is 0. The van der Waals surface area contributed by atoms with Crippen LogP contribution in [0.4, 0.5) is 0 Å². The van der Waals surface area contributed by atoms with E-state index in [0.29, 0.717) is 0 Å². The predicted octanol–water partition coefficient (Wildman–Crippen LogP) is 1.56. The molecule has 0 spiro atoms. The van der Waals surface area contributed by atoms with Crippen molar-refractivity contribution >= 4 is 17.9 Å². The van der Waals surface area contributed by atoms with Gasteiger partial charge in [-0.05, 0) is 13.0 Å². The van der Waals surface area contributed by atoms with E-state index in [9.17, 15) is 14.4 Å². The molecule has 0 unspecified atom stereocenters. The molecule has 104 valence electrons. The molecule has 19 heavy (non-hydrogen) atoms. The van der Waals surface area contributed by atoms with Gasteiger partial charge in [-0.1, -0.05) is 25.8 Å². The molecule has 6 heteroatoms. The van der Waals surface area contributed by atoms with Crippen LogP contribution in [0, 0.1) is 0 Å². The third-order valence-corrected chi connectivity index (χ3v) is 1.39. The monoisotopic (exact) mass is 268 g/mol. The first-order chi connectivity index (χ1) is 8.72. The Morgan fingerprint density at radius 1 is 1.16 bits per heavy atom. The maximum Gasteiger partial charge on any atom is 0.337 e. The van der Waals surface area contributed by atoms with Crippen molar-refractivity contribution in [1.82, 2.24) is 0 Å². The lowest BCUT2D eigenvalue weighted by Crippen LogP contribution is -2.05. The molecular formula is C13H16O6. The van der Waals surface area contributed by atoms with Gasteiger partial charge in [0.2, 0.25) is 0 Å². The van der Waals surface area contributed by atoms with Gasteiger partial charge in [0.25, 0.3) is 0 Å². The van der Waals surface area contributed by atoms with Gasteiger partial charge in [-0.15, -0.1) is 0 Å². The molecule has 6 nitrogen and oxygen atoms in total. The topological polar surface area (TPSA) is 101 Å². The summed E-state index contributed by atoms with van der Waals surface area (Å²) in [6, 6.07) is 0. The number of carboxylic acid groups (broad SMARTS) is 2. The third-order valence-electron chi connectivity index (χ3n) is 1.39. The molecule has 0 aliphatic rings. The van der Waals surface area contributed by atoms with Gasteiger partial charge >= 0.3 is 17.9 Å². The molecule has 0 aromatic heterocycles.